The molecule has 108 valence electrons. The minimum absolute atomic E-state index is 0.0521. The molecule has 0 spiro atoms. The van der Waals surface area contributed by atoms with Crippen molar-refractivity contribution in [1.82, 2.24) is 9.88 Å². The predicted molar refractivity (Wildman–Crippen MR) is 71.8 cm³/mol. The van der Waals surface area contributed by atoms with Crippen molar-refractivity contribution in [1.29, 1.82) is 0 Å². The largest absolute Gasteiger partial charge is 0.380 e. The molecule has 1 aromatic heterocycles. The molecule has 1 aliphatic heterocycles. The van der Waals surface area contributed by atoms with Crippen LogP contribution in [-0.4, -0.2) is 54.1 Å². The lowest BCUT2D eigenvalue weighted by atomic mass is 10.2. The summed E-state index contributed by atoms with van der Waals surface area (Å²) in [6.45, 7) is 2.02. The summed E-state index contributed by atoms with van der Waals surface area (Å²) in [4.78, 5) is 28.3. The third-order valence-electron chi connectivity index (χ3n) is 3.08. The molecule has 2 heterocycles. The van der Waals surface area contributed by atoms with Crippen LogP contribution in [0.2, 0.25) is 0 Å². The van der Waals surface area contributed by atoms with Gasteiger partial charge < -0.3 is 15.0 Å². The summed E-state index contributed by atoms with van der Waals surface area (Å²) in [5.41, 5.74) is -0.226. The zero-order chi connectivity index (χ0) is 14.5. The van der Waals surface area contributed by atoms with Crippen LogP contribution in [0.5, 0.6) is 0 Å². The standard InChI is InChI=1S/C12H16N4O4/c1-13-11-7-9(10(8-14-11)16(18)19)12(17)15-3-2-5-20-6-4-15/h7-8H,2-6H2,1H3,(H,13,14). The Morgan fingerprint density at radius 1 is 1.50 bits per heavy atom. The molecule has 1 fully saturated rings. The first-order valence-electron chi connectivity index (χ1n) is 6.32. The Morgan fingerprint density at radius 2 is 2.30 bits per heavy atom. The van der Waals surface area contributed by atoms with Crippen LogP contribution in [0.1, 0.15) is 16.8 Å². The molecule has 1 amide bonds. The fraction of sp³-hybridized carbons (Fsp3) is 0.500. The van der Waals surface area contributed by atoms with E-state index in [1.54, 1.807) is 11.9 Å². The highest BCUT2D eigenvalue weighted by Crippen LogP contribution is 2.22. The van der Waals surface area contributed by atoms with Crippen molar-refractivity contribution in [2.75, 3.05) is 38.7 Å². The lowest BCUT2D eigenvalue weighted by molar-refractivity contribution is -0.385. The van der Waals surface area contributed by atoms with Crippen molar-refractivity contribution in [2.24, 2.45) is 0 Å². The Bertz CT molecular complexity index is 512. The van der Waals surface area contributed by atoms with Gasteiger partial charge in [0.2, 0.25) is 0 Å². The van der Waals surface area contributed by atoms with Crippen molar-refractivity contribution in [2.45, 2.75) is 6.42 Å². The van der Waals surface area contributed by atoms with Gasteiger partial charge in [-0.15, -0.1) is 0 Å². The van der Waals surface area contributed by atoms with E-state index >= 15 is 0 Å². The molecule has 0 saturated carbocycles. The maximum Gasteiger partial charge on any atom is 0.300 e. The quantitative estimate of drug-likeness (QED) is 0.652. The molecular weight excluding hydrogens is 264 g/mol. The summed E-state index contributed by atoms with van der Waals surface area (Å²) in [6, 6.07) is 1.41. The van der Waals surface area contributed by atoms with Crippen molar-refractivity contribution in [3.63, 3.8) is 0 Å². The average Bonchev–Trinajstić information content (AvgIpc) is 2.74. The summed E-state index contributed by atoms with van der Waals surface area (Å²) in [6.07, 6.45) is 1.83. The lowest BCUT2D eigenvalue weighted by Crippen LogP contribution is -2.33. The second kappa shape index (κ2) is 6.29. The van der Waals surface area contributed by atoms with Gasteiger partial charge in [0.05, 0.1) is 11.5 Å². The number of carbonyl (C=O) groups is 1. The average molecular weight is 280 g/mol. The number of amides is 1. The molecule has 0 atom stereocenters. The summed E-state index contributed by atoms with van der Waals surface area (Å²) in [7, 11) is 1.64. The number of pyridine rings is 1. The van der Waals surface area contributed by atoms with E-state index in [4.69, 9.17) is 4.74 Å². The van der Waals surface area contributed by atoms with Gasteiger partial charge in [-0.2, -0.15) is 0 Å². The minimum atomic E-state index is -0.589. The van der Waals surface area contributed by atoms with E-state index in [0.717, 1.165) is 12.6 Å². The molecule has 0 aliphatic carbocycles. The first-order valence-corrected chi connectivity index (χ1v) is 6.32. The molecule has 1 aliphatic rings. The lowest BCUT2D eigenvalue weighted by Gasteiger charge is -2.19. The van der Waals surface area contributed by atoms with Gasteiger partial charge in [-0.05, 0) is 6.42 Å². The number of rotatable bonds is 3. The first-order chi connectivity index (χ1) is 9.63. The number of anilines is 1. The van der Waals surface area contributed by atoms with Crippen LogP contribution >= 0.6 is 0 Å². The number of aromatic nitrogens is 1. The van der Waals surface area contributed by atoms with Crippen LogP contribution < -0.4 is 5.32 Å². The van der Waals surface area contributed by atoms with E-state index < -0.39 is 4.92 Å². The van der Waals surface area contributed by atoms with E-state index in [-0.39, 0.29) is 17.2 Å². The second-order valence-electron chi connectivity index (χ2n) is 4.35. The van der Waals surface area contributed by atoms with Crippen molar-refractivity contribution < 1.29 is 14.5 Å². The fourth-order valence-corrected chi connectivity index (χ4v) is 2.02. The molecule has 1 N–H and O–H groups in total. The van der Waals surface area contributed by atoms with Crippen molar-refractivity contribution >= 4 is 17.4 Å². The molecular formula is C12H16N4O4. The number of nitro groups is 1. The highest BCUT2D eigenvalue weighted by atomic mass is 16.6. The topological polar surface area (TPSA) is 97.6 Å². The molecule has 0 radical (unpaired) electrons. The van der Waals surface area contributed by atoms with Gasteiger partial charge in [-0.25, -0.2) is 4.98 Å². The van der Waals surface area contributed by atoms with Crippen LogP contribution in [0.3, 0.4) is 0 Å². The van der Waals surface area contributed by atoms with Crippen LogP contribution in [-0.2, 0) is 4.74 Å². The maximum absolute atomic E-state index is 12.5. The Hall–Kier alpha value is -2.22. The Labute approximate surface area is 115 Å². The number of hydrogen-bond donors (Lipinski definition) is 1. The number of carbonyl (C=O) groups excluding carboxylic acids is 1. The molecule has 2 rings (SSSR count). The number of hydrogen-bond acceptors (Lipinski definition) is 6. The summed E-state index contributed by atoms with van der Waals surface area (Å²) < 4.78 is 5.28. The summed E-state index contributed by atoms with van der Waals surface area (Å²) in [5.74, 6) is 0.0612. The number of ether oxygens (including phenoxy) is 1. The zero-order valence-corrected chi connectivity index (χ0v) is 11.2. The van der Waals surface area contributed by atoms with Gasteiger partial charge in [0.15, 0.2) is 0 Å². The molecule has 0 unspecified atom stereocenters. The summed E-state index contributed by atoms with van der Waals surface area (Å²) in [5, 5.41) is 13.8. The Balaban J connectivity index is 2.33. The smallest absolute Gasteiger partial charge is 0.300 e. The monoisotopic (exact) mass is 280 g/mol. The van der Waals surface area contributed by atoms with Gasteiger partial charge in [-0.1, -0.05) is 0 Å². The Kier molecular flexibility index (Phi) is 4.46. The van der Waals surface area contributed by atoms with Crippen molar-refractivity contribution in [3.05, 3.63) is 27.9 Å². The van der Waals surface area contributed by atoms with Gasteiger partial charge in [0, 0.05) is 32.8 Å². The van der Waals surface area contributed by atoms with Gasteiger partial charge >= 0.3 is 0 Å². The molecule has 20 heavy (non-hydrogen) atoms. The highest BCUT2D eigenvalue weighted by molar-refractivity contribution is 5.98. The zero-order valence-electron chi connectivity index (χ0n) is 11.2. The second-order valence-corrected chi connectivity index (χ2v) is 4.35. The summed E-state index contributed by atoms with van der Waals surface area (Å²) >= 11 is 0. The van der Waals surface area contributed by atoms with Crippen molar-refractivity contribution in [3.8, 4) is 0 Å². The molecule has 8 heteroatoms. The normalized spacial score (nSPS) is 15.6. The molecule has 8 nitrogen and oxygen atoms in total. The fourth-order valence-electron chi connectivity index (χ4n) is 2.02. The van der Waals surface area contributed by atoms with Crippen LogP contribution in [0, 0.1) is 10.1 Å². The van der Waals surface area contributed by atoms with Gasteiger partial charge in [0.25, 0.3) is 11.6 Å². The maximum atomic E-state index is 12.5. The Morgan fingerprint density at radius 3 is 3.00 bits per heavy atom. The number of nitrogens with one attached hydrogen (secondary N) is 1. The van der Waals surface area contributed by atoms with E-state index in [2.05, 4.69) is 10.3 Å². The minimum Gasteiger partial charge on any atom is -0.380 e. The SMILES string of the molecule is CNc1cc(C(=O)N2CCCOCC2)c([N+](=O)[O-])cn1. The van der Waals surface area contributed by atoms with E-state index in [0.29, 0.717) is 32.1 Å². The predicted octanol–water partition coefficient (Wildman–Crippen LogP) is 0.894. The number of nitrogens with zero attached hydrogens (tertiary/aromatic N) is 3. The molecule has 0 aromatic carbocycles. The first kappa shape index (κ1) is 14.2. The van der Waals surface area contributed by atoms with Crippen LogP contribution in [0.15, 0.2) is 12.3 Å². The van der Waals surface area contributed by atoms with Gasteiger partial charge in [0.1, 0.15) is 17.6 Å². The van der Waals surface area contributed by atoms with Gasteiger partial charge in [-0.3, -0.25) is 14.9 Å². The highest BCUT2D eigenvalue weighted by Gasteiger charge is 2.26. The molecule has 1 saturated heterocycles. The third kappa shape index (κ3) is 3.02. The van der Waals surface area contributed by atoms with E-state index in [1.165, 1.54) is 6.07 Å². The van der Waals surface area contributed by atoms with Crippen LogP contribution in [0.25, 0.3) is 0 Å². The van der Waals surface area contributed by atoms with E-state index in [1.807, 2.05) is 0 Å². The van der Waals surface area contributed by atoms with E-state index in [9.17, 15) is 14.9 Å². The van der Waals surface area contributed by atoms with Crippen LogP contribution in [0.4, 0.5) is 11.5 Å². The molecule has 1 aromatic rings. The third-order valence-corrected chi connectivity index (χ3v) is 3.08. The molecule has 0 bridgehead atoms.